The van der Waals surface area contributed by atoms with E-state index >= 15 is 0 Å². The van der Waals surface area contributed by atoms with Gasteiger partial charge < -0.3 is 13.8 Å². The first-order valence-electron chi connectivity index (χ1n) is 1.29. The molecule has 0 saturated carbocycles. The zero-order chi connectivity index (χ0) is 4.71. The fourth-order valence-corrected chi connectivity index (χ4v) is 0. The zero-order valence-electron chi connectivity index (χ0n) is 4.32. The molecule has 1 nitrogen and oxygen atoms in total. The molecule has 0 aliphatic carbocycles. The van der Waals surface area contributed by atoms with Crippen LogP contribution >= 0.6 is 0 Å². The molecule has 0 heterocycles. The third-order valence-corrected chi connectivity index (χ3v) is 0. The molecular weight excluding hydrogens is 123 g/mol. The van der Waals surface area contributed by atoms with Gasteiger partial charge in [0.15, 0.2) is 0 Å². The summed E-state index contributed by atoms with van der Waals surface area (Å²) in [4.78, 5) is 0. The van der Waals surface area contributed by atoms with Crippen molar-refractivity contribution in [1.29, 1.82) is 0 Å². The van der Waals surface area contributed by atoms with Crippen molar-refractivity contribution in [1.82, 2.24) is 0 Å². The molecule has 0 aliphatic heterocycles. The molecule has 0 aromatic rings. The Morgan fingerprint density at radius 2 is 1.33 bits per heavy atom. The van der Waals surface area contributed by atoms with E-state index < -0.39 is 0 Å². The Bertz CT molecular complexity index is 11.5. The van der Waals surface area contributed by atoms with Crippen LogP contribution in [0.3, 0.4) is 0 Å². The molecule has 0 amide bonds. The van der Waals surface area contributed by atoms with E-state index in [1.807, 2.05) is 20.3 Å². The molecule has 0 radical (unpaired) electrons. The SMILES string of the molecule is C[CH-]C.[CH3-].[O]=[Co]. The summed E-state index contributed by atoms with van der Waals surface area (Å²) in [6.45, 7) is 4.00. The summed E-state index contributed by atoms with van der Waals surface area (Å²) in [7, 11) is 0. The van der Waals surface area contributed by atoms with Crippen LogP contribution in [0.1, 0.15) is 13.8 Å². The molecule has 43 valence electrons. The predicted molar refractivity (Wildman–Crippen MR) is 22.7 cm³/mol. The van der Waals surface area contributed by atoms with Crippen LogP contribution in [0.4, 0.5) is 0 Å². The van der Waals surface area contributed by atoms with Gasteiger partial charge in [0.05, 0.1) is 0 Å². The van der Waals surface area contributed by atoms with Gasteiger partial charge in [0.1, 0.15) is 0 Å². The summed E-state index contributed by atoms with van der Waals surface area (Å²) in [5.74, 6) is 0. The van der Waals surface area contributed by atoms with Gasteiger partial charge >= 0.3 is 19.5 Å². The quantitative estimate of drug-likeness (QED) is 0.458. The Morgan fingerprint density at radius 1 is 1.33 bits per heavy atom. The molecule has 2 heteroatoms. The normalized spacial score (nSPS) is 3.83. The molecule has 0 N–H and O–H groups in total. The van der Waals surface area contributed by atoms with Crippen molar-refractivity contribution in [2.75, 3.05) is 0 Å². The second-order valence-electron chi connectivity index (χ2n) is 0.577. The van der Waals surface area contributed by atoms with Gasteiger partial charge in [-0.25, -0.2) is 0 Å². The first-order chi connectivity index (χ1) is 2.41. The fourth-order valence-electron chi connectivity index (χ4n) is 0. The third kappa shape index (κ3) is 501. The second kappa shape index (κ2) is 57.7. The summed E-state index contributed by atoms with van der Waals surface area (Å²) in [5, 5.41) is 0. The standard InChI is InChI=1S/C3H7.CH3.Co.O/c1-3-2;;;/h3H,1-2H3;1H3;;/q2*-1;;. The van der Waals surface area contributed by atoms with Crippen molar-refractivity contribution >= 4 is 0 Å². The average molecular weight is 133 g/mol. The molecule has 0 aliphatic rings. The Balaban J connectivity index is -0.0000000275. The van der Waals surface area contributed by atoms with Crippen molar-refractivity contribution in [3.63, 3.8) is 0 Å². The van der Waals surface area contributed by atoms with E-state index in [0.29, 0.717) is 0 Å². The second-order valence-corrected chi connectivity index (χ2v) is 0.577. The number of hydrogen-bond donors (Lipinski definition) is 0. The van der Waals surface area contributed by atoms with E-state index in [2.05, 4.69) is 15.7 Å². The van der Waals surface area contributed by atoms with Gasteiger partial charge in [-0.2, -0.15) is 13.8 Å². The Kier molecular flexibility index (Phi) is 156. The van der Waals surface area contributed by atoms with Crippen LogP contribution in [0.2, 0.25) is 0 Å². The third-order valence-electron chi connectivity index (χ3n) is 0. The minimum atomic E-state index is 0. The molecule has 0 bridgehead atoms. The van der Waals surface area contributed by atoms with Crippen LogP contribution in [0, 0.1) is 13.8 Å². The Hall–Kier alpha value is 0.306. The molecule has 0 fully saturated rings. The zero-order valence-corrected chi connectivity index (χ0v) is 5.36. The van der Waals surface area contributed by atoms with E-state index in [0.717, 1.165) is 0 Å². The van der Waals surface area contributed by atoms with Gasteiger partial charge in [0, 0.05) is 0 Å². The van der Waals surface area contributed by atoms with Crippen LogP contribution in [-0.2, 0) is 19.5 Å². The summed E-state index contributed by atoms with van der Waals surface area (Å²) in [5.41, 5.74) is 0. The van der Waals surface area contributed by atoms with E-state index in [4.69, 9.17) is 3.87 Å². The fraction of sp³-hybridized carbons (Fsp3) is 0.500. The van der Waals surface area contributed by atoms with Crippen molar-refractivity contribution < 1.29 is 19.5 Å². The van der Waals surface area contributed by atoms with E-state index in [1.165, 1.54) is 0 Å². The molecule has 0 unspecified atom stereocenters. The first kappa shape index (κ1) is 16.2. The molecule has 0 aromatic heterocycles. The van der Waals surface area contributed by atoms with Crippen molar-refractivity contribution in [3.05, 3.63) is 13.8 Å². The van der Waals surface area contributed by atoms with Crippen LogP contribution in [-0.4, -0.2) is 0 Å². The van der Waals surface area contributed by atoms with Crippen LogP contribution < -0.4 is 0 Å². The monoisotopic (exact) mass is 133 g/mol. The summed E-state index contributed by atoms with van der Waals surface area (Å²) < 4.78 is 7.94. The van der Waals surface area contributed by atoms with Gasteiger partial charge in [-0.05, 0) is 0 Å². The van der Waals surface area contributed by atoms with Gasteiger partial charge in [-0.15, -0.1) is 0 Å². The maximum absolute atomic E-state index is 7.94. The van der Waals surface area contributed by atoms with E-state index in [9.17, 15) is 0 Å². The molecule has 0 spiro atoms. The van der Waals surface area contributed by atoms with Crippen LogP contribution in [0.25, 0.3) is 0 Å². The summed E-state index contributed by atoms with van der Waals surface area (Å²) in [6, 6.07) is 0. The maximum atomic E-state index is 7.94. The Morgan fingerprint density at radius 3 is 1.33 bits per heavy atom. The summed E-state index contributed by atoms with van der Waals surface area (Å²) in [6.07, 6.45) is 2.00. The van der Waals surface area contributed by atoms with Gasteiger partial charge in [-0.1, -0.05) is 0 Å². The van der Waals surface area contributed by atoms with Crippen molar-refractivity contribution in [3.8, 4) is 0 Å². The van der Waals surface area contributed by atoms with Crippen molar-refractivity contribution in [2.45, 2.75) is 13.8 Å². The van der Waals surface area contributed by atoms with Gasteiger partial charge in [0.25, 0.3) is 0 Å². The molecule has 0 saturated heterocycles. The average Bonchev–Trinajstić information content (AvgIpc) is 1.46. The first-order valence-corrected chi connectivity index (χ1v) is 1.72. The molecule has 0 aromatic carbocycles. The molecule has 0 rings (SSSR count). The van der Waals surface area contributed by atoms with E-state index in [1.54, 1.807) is 0 Å². The number of hydrogen-bond acceptors (Lipinski definition) is 1. The minimum absolute atomic E-state index is 0. The van der Waals surface area contributed by atoms with E-state index in [-0.39, 0.29) is 7.43 Å². The molecule has 0 atom stereocenters. The molecular formula is C4H10CoO-2. The summed E-state index contributed by atoms with van der Waals surface area (Å²) >= 11 is 2.31. The van der Waals surface area contributed by atoms with Crippen LogP contribution in [0.15, 0.2) is 0 Å². The predicted octanol–water partition coefficient (Wildman–Crippen LogP) is 1.56. The van der Waals surface area contributed by atoms with Crippen LogP contribution in [0.5, 0.6) is 0 Å². The number of rotatable bonds is 0. The molecule has 6 heavy (non-hydrogen) atoms. The van der Waals surface area contributed by atoms with Gasteiger partial charge in [-0.3, -0.25) is 0 Å². The Labute approximate surface area is 47.9 Å². The van der Waals surface area contributed by atoms with Gasteiger partial charge in [0.2, 0.25) is 0 Å². The topological polar surface area (TPSA) is 17.1 Å². The van der Waals surface area contributed by atoms with Crippen molar-refractivity contribution in [2.24, 2.45) is 0 Å².